The molecule has 3 N–H and O–H groups in total. The van der Waals surface area contributed by atoms with E-state index in [4.69, 9.17) is 18.0 Å². The zero-order chi connectivity index (χ0) is 13.7. The van der Waals surface area contributed by atoms with Gasteiger partial charge in [0.15, 0.2) is 11.4 Å². The number of nitrogens with zero attached hydrogens (tertiary/aromatic N) is 1. The molecule has 1 aromatic rings. The van der Waals surface area contributed by atoms with Crippen LogP contribution in [-0.4, -0.2) is 17.1 Å². The lowest BCUT2D eigenvalue weighted by Gasteiger charge is -2.14. The molecule has 0 heterocycles. The molecule has 0 atom stereocenters. The van der Waals surface area contributed by atoms with Crippen LogP contribution in [0.25, 0.3) is 5.57 Å². The molecule has 1 aliphatic rings. The van der Waals surface area contributed by atoms with Crippen LogP contribution >= 0.6 is 12.2 Å². The number of allylic oxidation sites excluding steroid dienone is 4. The molecule has 0 aromatic heterocycles. The lowest BCUT2D eigenvalue weighted by molar-refractivity contribution is -0.104. The normalized spacial score (nSPS) is 16.5. The quantitative estimate of drug-likeness (QED) is 0.499. The van der Waals surface area contributed by atoms with Crippen LogP contribution in [-0.2, 0) is 4.79 Å². The molecule has 4 nitrogen and oxygen atoms in total. The summed E-state index contributed by atoms with van der Waals surface area (Å²) in [5, 5.41) is 4.15. The molecule has 19 heavy (non-hydrogen) atoms. The van der Waals surface area contributed by atoms with E-state index in [0.29, 0.717) is 17.7 Å². The summed E-state index contributed by atoms with van der Waals surface area (Å²) in [5.41, 5.74) is 11.2. The zero-order valence-corrected chi connectivity index (χ0v) is 11.0. The second-order valence-electron chi connectivity index (χ2n) is 4.01. The van der Waals surface area contributed by atoms with Crippen LogP contribution in [0.2, 0.25) is 0 Å². The molecule has 0 bridgehead atoms. The van der Waals surface area contributed by atoms with Gasteiger partial charge >= 0.3 is 0 Å². The number of benzene rings is 1. The zero-order valence-electron chi connectivity index (χ0n) is 10.2. The van der Waals surface area contributed by atoms with Gasteiger partial charge < -0.3 is 5.73 Å². The van der Waals surface area contributed by atoms with Gasteiger partial charge in [-0.25, -0.2) is 0 Å². The van der Waals surface area contributed by atoms with Crippen LogP contribution in [0.5, 0.6) is 0 Å². The third-order valence-electron chi connectivity index (χ3n) is 2.73. The number of carbonyl (C=O) groups excluding carboxylic acids is 1. The van der Waals surface area contributed by atoms with Crippen molar-refractivity contribution in [1.29, 1.82) is 0 Å². The van der Waals surface area contributed by atoms with Gasteiger partial charge in [0.1, 0.15) is 0 Å². The van der Waals surface area contributed by atoms with Gasteiger partial charge in [-0.05, 0) is 29.4 Å². The van der Waals surface area contributed by atoms with E-state index in [1.54, 1.807) is 6.08 Å². The predicted molar refractivity (Wildman–Crippen MR) is 80.5 cm³/mol. The van der Waals surface area contributed by atoms with Crippen LogP contribution < -0.4 is 11.2 Å². The number of nitrogens with one attached hydrogen (secondary N) is 1. The van der Waals surface area contributed by atoms with Gasteiger partial charge in [-0.15, -0.1) is 0 Å². The fourth-order valence-electron chi connectivity index (χ4n) is 1.81. The number of aldehydes is 1. The van der Waals surface area contributed by atoms with Crippen molar-refractivity contribution in [3.05, 3.63) is 53.6 Å². The predicted octanol–water partition coefficient (Wildman–Crippen LogP) is 1.79. The Labute approximate surface area is 116 Å². The van der Waals surface area contributed by atoms with Crippen molar-refractivity contribution in [3.63, 3.8) is 0 Å². The number of carbonyl (C=O) groups is 1. The Morgan fingerprint density at radius 1 is 1.32 bits per heavy atom. The summed E-state index contributed by atoms with van der Waals surface area (Å²) in [7, 11) is 0. The van der Waals surface area contributed by atoms with E-state index in [1.165, 1.54) is 0 Å². The summed E-state index contributed by atoms with van der Waals surface area (Å²) < 4.78 is 0. The summed E-state index contributed by atoms with van der Waals surface area (Å²) in [4.78, 5) is 11.0. The van der Waals surface area contributed by atoms with E-state index in [9.17, 15) is 4.79 Å². The van der Waals surface area contributed by atoms with Crippen LogP contribution in [0.3, 0.4) is 0 Å². The molecule has 1 aliphatic carbocycles. The maximum absolute atomic E-state index is 11.0. The van der Waals surface area contributed by atoms with Crippen molar-refractivity contribution < 1.29 is 4.79 Å². The van der Waals surface area contributed by atoms with E-state index in [1.807, 2.05) is 36.4 Å². The molecule has 0 radical (unpaired) electrons. The van der Waals surface area contributed by atoms with Crippen LogP contribution in [0.15, 0.2) is 53.2 Å². The molecule has 2 rings (SSSR count). The van der Waals surface area contributed by atoms with Crippen molar-refractivity contribution in [2.75, 3.05) is 0 Å². The van der Waals surface area contributed by atoms with Crippen molar-refractivity contribution >= 4 is 34.9 Å². The van der Waals surface area contributed by atoms with Gasteiger partial charge in [0, 0.05) is 12.0 Å². The summed E-state index contributed by atoms with van der Waals surface area (Å²) in [6, 6.07) is 9.94. The third-order valence-corrected chi connectivity index (χ3v) is 2.82. The average molecular weight is 271 g/mol. The van der Waals surface area contributed by atoms with Crippen LogP contribution in [0.4, 0.5) is 0 Å². The molecule has 0 saturated heterocycles. The van der Waals surface area contributed by atoms with Crippen molar-refractivity contribution in [1.82, 2.24) is 5.43 Å². The summed E-state index contributed by atoms with van der Waals surface area (Å²) in [6.45, 7) is 0. The minimum Gasteiger partial charge on any atom is -0.375 e. The summed E-state index contributed by atoms with van der Waals surface area (Å²) in [5.74, 6) is 0. The van der Waals surface area contributed by atoms with Crippen LogP contribution in [0, 0.1) is 0 Å². The highest BCUT2D eigenvalue weighted by molar-refractivity contribution is 7.80. The first-order valence-corrected chi connectivity index (χ1v) is 6.15. The monoisotopic (exact) mass is 271 g/mol. The number of nitrogens with two attached hydrogens (primary N) is 1. The Bertz CT molecular complexity index is 588. The van der Waals surface area contributed by atoms with Crippen molar-refractivity contribution in [2.45, 2.75) is 6.42 Å². The first-order chi connectivity index (χ1) is 9.20. The number of thiocarbonyl (C=S) groups is 1. The first-order valence-electron chi connectivity index (χ1n) is 5.74. The standard InChI is InChI=1S/C14H13N3OS/c15-14(19)17-16-13-8-11(6-7-12(13)9-18)10-4-2-1-3-5-10/h1-7,9H,8H2,(H3,15,17,19)/b16-13-. The molecule has 0 unspecified atom stereocenters. The van der Waals surface area contributed by atoms with Crippen molar-refractivity contribution in [2.24, 2.45) is 10.8 Å². The van der Waals surface area contributed by atoms with E-state index >= 15 is 0 Å². The molecule has 0 aliphatic heterocycles. The summed E-state index contributed by atoms with van der Waals surface area (Å²) in [6.07, 6.45) is 5.01. The smallest absolute Gasteiger partial charge is 0.184 e. The highest BCUT2D eigenvalue weighted by atomic mass is 32.1. The minimum atomic E-state index is 0.0774. The van der Waals surface area contributed by atoms with Gasteiger partial charge in [-0.1, -0.05) is 36.4 Å². The Morgan fingerprint density at radius 2 is 2.05 bits per heavy atom. The van der Waals surface area contributed by atoms with E-state index < -0.39 is 0 Å². The fourth-order valence-corrected chi connectivity index (χ4v) is 1.86. The van der Waals surface area contributed by atoms with E-state index in [2.05, 4.69) is 10.5 Å². The number of hydrogen-bond donors (Lipinski definition) is 2. The Hall–Kier alpha value is -2.27. The topological polar surface area (TPSA) is 67.5 Å². The lowest BCUT2D eigenvalue weighted by Crippen LogP contribution is -2.26. The number of rotatable bonds is 3. The number of hydrogen-bond acceptors (Lipinski definition) is 3. The molecule has 0 spiro atoms. The second kappa shape index (κ2) is 6.06. The molecule has 0 amide bonds. The highest BCUT2D eigenvalue weighted by Crippen LogP contribution is 2.24. The van der Waals surface area contributed by atoms with Gasteiger partial charge in [-0.2, -0.15) is 5.10 Å². The van der Waals surface area contributed by atoms with Gasteiger partial charge in [0.25, 0.3) is 0 Å². The van der Waals surface area contributed by atoms with Gasteiger partial charge in [-0.3, -0.25) is 10.2 Å². The number of hydrazone groups is 1. The fraction of sp³-hybridized carbons (Fsp3) is 0.0714. The van der Waals surface area contributed by atoms with Gasteiger partial charge in [0.2, 0.25) is 0 Å². The maximum Gasteiger partial charge on any atom is 0.184 e. The SMILES string of the molecule is NC(=S)N/N=C1/CC(c2ccccc2)=CC=C1C=O. The molecular formula is C14H13N3OS. The molecular weight excluding hydrogens is 258 g/mol. The molecule has 96 valence electrons. The average Bonchev–Trinajstić information content (AvgIpc) is 2.45. The maximum atomic E-state index is 11.0. The molecule has 0 saturated carbocycles. The largest absolute Gasteiger partial charge is 0.375 e. The summed E-state index contributed by atoms with van der Waals surface area (Å²) >= 11 is 4.70. The van der Waals surface area contributed by atoms with Crippen LogP contribution in [0.1, 0.15) is 12.0 Å². The molecule has 1 aromatic carbocycles. The Kier molecular flexibility index (Phi) is 4.20. The third kappa shape index (κ3) is 3.35. The highest BCUT2D eigenvalue weighted by Gasteiger charge is 2.14. The van der Waals surface area contributed by atoms with Crippen molar-refractivity contribution in [3.8, 4) is 0 Å². The second-order valence-corrected chi connectivity index (χ2v) is 4.45. The Balaban J connectivity index is 2.29. The van der Waals surface area contributed by atoms with E-state index in [-0.39, 0.29) is 5.11 Å². The Morgan fingerprint density at radius 3 is 2.68 bits per heavy atom. The minimum absolute atomic E-state index is 0.0774. The molecule has 5 heteroatoms. The van der Waals surface area contributed by atoms with Gasteiger partial charge in [0.05, 0.1) is 5.71 Å². The first kappa shape index (κ1) is 13.2. The van der Waals surface area contributed by atoms with E-state index in [0.717, 1.165) is 17.4 Å². The molecule has 0 fully saturated rings. The lowest BCUT2D eigenvalue weighted by atomic mass is 9.92.